The van der Waals surface area contributed by atoms with Gasteiger partial charge in [0.25, 0.3) is 0 Å². The summed E-state index contributed by atoms with van der Waals surface area (Å²) in [5, 5.41) is 8.13. The van der Waals surface area contributed by atoms with Crippen LogP contribution in [0.2, 0.25) is 0 Å². The molecule has 140 valence electrons. The lowest BCUT2D eigenvalue weighted by atomic mass is 10.1. The third-order valence-electron chi connectivity index (χ3n) is 3.86. The van der Waals surface area contributed by atoms with Gasteiger partial charge in [0.15, 0.2) is 17.5 Å². The molecule has 0 amide bonds. The lowest BCUT2D eigenvalue weighted by Gasteiger charge is -2.16. The Bertz CT molecular complexity index is 1210. The number of fused-ring (bicyclic) bond motifs is 1. The highest BCUT2D eigenvalue weighted by molar-refractivity contribution is 5.98. The van der Waals surface area contributed by atoms with Crippen molar-refractivity contribution in [1.82, 2.24) is 4.57 Å². The standard InChI is InChI=1S/C16H8F5N3O3/c17-5-1-6(18)8(2-7(5)22)24-3-4(16(26)27)15(25)9-13(23)11(20)10(19)12(21)14(9)24/h1-3H,22-23H2,(H,26,27). The number of nitrogens with two attached hydrogens (primary N) is 2. The number of aromatic nitrogens is 1. The third-order valence-corrected chi connectivity index (χ3v) is 3.86. The van der Waals surface area contributed by atoms with E-state index in [1.54, 1.807) is 0 Å². The van der Waals surface area contributed by atoms with Gasteiger partial charge in [-0.1, -0.05) is 0 Å². The third kappa shape index (κ3) is 2.55. The smallest absolute Gasteiger partial charge is 0.341 e. The number of hydrogen-bond acceptors (Lipinski definition) is 4. The van der Waals surface area contributed by atoms with Crippen molar-refractivity contribution in [3.8, 4) is 5.69 Å². The van der Waals surface area contributed by atoms with E-state index in [0.29, 0.717) is 22.9 Å². The average molecular weight is 385 g/mol. The fourth-order valence-electron chi connectivity index (χ4n) is 2.59. The first-order valence-corrected chi connectivity index (χ1v) is 7.05. The van der Waals surface area contributed by atoms with Crippen LogP contribution >= 0.6 is 0 Å². The summed E-state index contributed by atoms with van der Waals surface area (Å²) < 4.78 is 70.0. The number of carboxylic acids is 1. The van der Waals surface area contributed by atoms with E-state index in [0.717, 1.165) is 0 Å². The Morgan fingerprint density at radius 2 is 1.59 bits per heavy atom. The molecular weight excluding hydrogens is 377 g/mol. The second-order valence-corrected chi connectivity index (χ2v) is 5.45. The number of benzene rings is 2. The average Bonchev–Trinajstić information content (AvgIpc) is 2.60. The highest BCUT2D eigenvalue weighted by Crippen LogP contribution is 2.31. The lowest BCUT2D eigenvalue weighted by molar-refractivity contribution is 0.0695. The van der Waals surface area contributed by atoms with E-state index >= 15 is 0 Å². The molecule has 1 heterocycles. The van der Waals surface area contributed by atoms with Crippen molar-refractivity contribution in [1.29, 1.82) is 0 Å². The van der Waals surface area contributed by atoms with E-state index in [4.69, 9.17) is 16.6 Å². The van der Waals surface area contributed by atoms with Gasteiger partial charge in [0.05, 0.1) is 28.0 Å². The second kappa shape index (κ2) is 5.97. The van der Waals surface area contributed by atoms with Crippen LogP contribution < -0.4 is 16.9 Å². The first-order valence-electron chi connectivity index (χ1n) is 7.05. The van der Waals surface area contributed by atoms with Gasteiger partial charge in [0.1, 0.15) is 17.2 Å². The topological polar surface area (TPSA) is 111 Å². The molecule has 11 heteroatoms. The van der Waals surface area contributed by atoms with E-state index in [2.05, 4.69) is 0 Å². The summed E-state index contributed by atoms with van der Waals surface area (Å²) in [7, 11) is 0. The van der Waals surface area contributed by atoms with Crippen molar-refractivity contribution >= 4 is 28.2 Å². The fourth-order valence-corrected chi connectivity index (χ4v) is 2.59. The molecule has 0 spiro atoms. The number of nitrogens with zero attached hydrogens (tertiary/aromatic N) is 1. The van der Waals surface area contributed by atoms with Crippen LogP contribution in [0.3, 0.4) is 0 Å². The maximum Gasteiger partial charge on any atom is 0.341 e. The Balaban J connectivity index is 2.65. The normalized spacial score (nSPS) is 11.1. The summed E-state index contributed by atoms with van der Waals surface area (Å²) >= 11 is 0. The van der Waals surface area contributed by atoms with Crippen LogP contribution in [0.4, 0.5) is 33.3 Å². The SMILES string of the molecule is Nc1cc(-n2cc(C(=O)O)c(=O)c3c(N)c(F)c(F)c(F)c32)c(F)cc1F. The molecular formula is C16H8F5N3O3. The zero-order chi connectivity index (χ0) is 20.2. The number of hydrogen-bond donors (Lipinski definition) is 3. The first-order chi connectivity index (χ1) is 12.6. The molecule has 3 rings (SSSR count). The van der Waals surface area contributed by atoms with E-state index in [1.165, 1.54) is 0 Å². The molecule has 5 N–H and O–H groups in total. The summed E-state index contributed by atoms with van der Waals surface area (Å²) in [4.78, 5) is 23.6. The number of carbonyl (C=O) groups is 1. The number of rotatable bonds is 2. The molecule has 6 nitrogen and oxygen atoms in total. The van der Waals surface area contributed by atoms with Crippen molar-refractivity contribution in [3.63, 3.8) is 0 Å². The van der Waals surface area contributed by atoms with Gasteiger partial charge in [-0.25, -0.2) is 26.7 Å². The van der Waals surface area contributed by atoms with E-state index < -0.39 is 74.0 Å². The zero-order valence-electron chi connectivity index (χ0n) is 13.0. The van der Waals surface area contributed by atoms with Crippen LogP contribution in [0.25, 0.3) is 16.6 Å². The molecule has 3 aromatic rings. The monoisotopic (exact) mass is 385 g/mol. The minimum Gasteiger partial charge on any atom is -0.477 e. The van der Waals surface area contributed by atoms with E-state index in [-0.39, 0.29) is 0 Å². The van der Waals surface area contributed by atoms with Crippen LogP contribution in [0.5, 0.6) is 0 Å². The van der Waals surface area contributed by atoms with Crippen LogP contribution in [0, 0.1) is 29.1 Å². The molecule has 0 aliphatic carbocycles. The van der Waals surface area contributed by atoms with E-state index in [9.17, 15) is 31.5 Å². The summed E-state index contributed by atoms with van der Waals surface area (Å²) in [6, 6.07) is 0.979. The summed E-state index contributed by atoms with van der Waals surface area (Å²) in [5.41, 5.74) is 4.68. The molecule has 0 atom stereocenters. The molecule has 0 unspecified atom stereocenters. The van der Waals surface area contributed by atoms with Gasteiger partial charge in [-0.05, 0) is 6.07 Å². The van der Waals surface area contributed by atoms with Crippen molar-refractivity contribution in [2.45, 2.75) is 0 Å². The van der Waals surface area contributed by atoms with Gasteiger partial charge in [-0.15, -0.1) is 0 Å². The van der Waals surface area contributed by atoms with E-state index in [1.807, 2.05) is 0 Å². The van der Waals surface area contributed by atoms with Crippen molar-refractivity contribution in [2.75, 3.05) is 11.5 Å². The molecule has 0 aliphatic heterocycles. The van der Waals surface area contributed by atoms with Crippen molar-refractivity contribution < 1.29 is 31.9 Å². The van der Waals surface area contributed by atoms with Gasteiger partial charge in [-0.2, -0.15) is 0 Å². The molecule has 0 fully saturated rings. The lowest BCUT2D eigenvalue weighted by Crippen LogP contribution is -2.22. The summed E-state index contributed by atoms with van der Waals surface area (Å²) in [6.45, 7) is 0. The number of pyridine rings is 1. The van der Waals surface area contributed by atoms with Gasteiger partial charge >= 0.3 is 5.97 Å². The predicted octanol–water partition coefficient (Wildman–Crippen LogP) is 2.55. The molecule has 0 saturated heterocycles. The first kappa shape index (κ1) is 18.2. The minimum atomic E-state index is -2.06. The number of nitrogen functional groups attached to an aromatic ring is 2. The molecule has 1 aromatic heterocycles. The number of aromatic carboxylic acids is 1. The fraction of sp³-hybridized carbons (Fsp3) is 0. The van der Waals surface area contributed by atoms with Gasteiger partial charge in [0, 0.05) is 12.3 Å². The molecule has 0 saturated carbocycles. The minimum absolute atomic E-state index is 0.316. The van der Waals surface area contributed by atoms with Crippen molar-refractivity contribution in [3.05, 3.63) is 63.2 Å². The van der Waals surface area contributed by atoms with Crippen LogP contribution in [-0.2, 0) is 0 Å². The summed E-state index contributed by atoms with van der Waals surface area (Å²) in [5.74, 6) is -10.2. The van der Waals surface area contributed by atoms with Gasteiger partial charge < -0.3 is 21.1 Å². The Morgan fingerprint density at radius 3 is 2.19 bits per heavy atom. The van der Waals surface area contributed by atoms with Gasteiger partial charge in [0.2, 0.25) is 5.43 Å². The molecule has 2 aromatic carbocycles. The largest absolute Gasteiger partial charge is 0.477 e. The molecule has 0 bridgehead atoms. The Morgan fingerprint density at radius 1 is 0.963 bits per heavy atom. The van der Waals surface area contributed by atoms with Crippen LogP contribution in [-0.4, -0.2) is 15.6 Å². The Hall–Kier alpha value is -3.63. The highest BCUT2D eigenvalue weighted by atomic mass is 19.2. The zero-order valence-corrected chi connectivity index (χ0v) is 13.0. The maximum atomic E-state index is 14.4. The Labute approximate surface area is 146 Å². The second-order valence-electron chi connectivity index (χ2n) is 5.45. The van der Waals surface area contributed by atoms with Crippen molar-refractivity contribution in [2.24, 2.45) is 0 Å². The van der Waals surface area contributed by atoms with Crippen LogP contribution in [0.15, 0.2) is 23.1 Å². The predicted molar refractivity (Wildman–Crippen MR) is 85.1 cm³/mol. The highest BCUT2D eigenvalue weighted by Gasteiger charge is 2.27. The molecule has 0 aliphatic rings. The maximum absolute atomic E-state index is 14.4. The molecule has 27 heavy (non-hydrogen) atoms. The number of anilines is 2. The summed E-state index contributed by atoms with van der Waals surface area (Å²) in [6.07, 6.45) is 0.475. The number of halogens is 5. The molecule has 0 radical (unpaired) electrons. The Kier molecular flexibility index (Phi) is 4.02. The van der Waals surface area contributed by atoms with Gasteiger partial charge in [-0.3, -0.25) is 4.79 Å². The van der Waals surface area contributed by atoms with Crippen LogP contribution in [0.1, 0.15) is 10.4 Å². The quantitative estimate of drug-likeness (QED) is 0.357. The number of carboxylic acid groups (broad SMARTS) is 1.